The van der Waals surface area contributed by atoms with Gasteiger partial charge in [0.05, 0.1) is 29.3 Å². The number of carbonyl (C=O) groups is 1. The Balaban J connectivity index is 1.37. The predicted molar refractivity (Wildman–Crippen MR) is 99.8 cm³/mol. The Morgan fingerprint density at radius 2 is 1.92 bits per heavy atom. The van der Waals surface area contributed by atoms with Gasteiger partial charge in [-0.05, 0) is 37.1 Å². The normalized spacial score (nSPS) is 16.6. The number of benzene rings is 1. The number of para-hydroxylation sites is 2. The molecule has 1 amide bonds. The van der Waals surface area contributed by atoms with Crippen molar-refractivity contribution < 1.29 is 9.53 Å². The lowest BCUT2D eigenvalue weighted by atomic mass is 9.86. The summed E-state index contributed by atoms with van der Waals surface area (Å²) < 4.78 is 9.77. The number of hydrogen-bond donors (Lipinski definition) is 1. The lowest BCUT2D eigenvalue weighted by molar-refractivity contribution is -0.124. The first-order chi connectivity index (χ1) is 12.8. The summed E-state index contributed by atoms with van der Waals surface area (Å²) in [6.07, 6.45) is 8.14. The van der Waals surface area contributed by atoms with Gasteiger partial charge in [0.2, 0.25) is 5.91 Å². The van der Waals surface area contributed by atoms with Gasteiger partial charge in [-0.3, -0.25) is 4.79 Å². The molecule has 0 atom stereocenters. The summed E-state index contributed by atoms with van der Waals surface area (Å²) in [4.78, 5) is 17.0. The van der Waals surface area contributed by atoms with Gasteiger partial charge in [0.25, 0.3) is 0 Å². The van der Waals surface area contributed by atoms with Crippen molar-refractivity contribution in [2.75, 3.05) is 19.8 Å². The number of ether oxygens (including phenoxy) is 1. The monoisotopic (exact) mass is 352 g/mol. The number of amides is 1. The van der Waals surface area contributed by atoms with E-state index in [0.717, 1.165) is 23.9 Å². The Labute approximate surface area is 152 Å². The maximum atomic E-state index is 12.6. The van der Waals surface area contributed by atoms with Crippen molar-refractivity contribution in [2.24, 2.45) is 0 Å². The summed E-state index contributed by atoms with van der Waals surface area (Å²) in [5.41, 5.74) is 1.90. The third kappa shape index (κ3) is 3.37. The van der Waals surface area contributed by atoms with Crippen LogP contribution in [0.5, 0.6) is 0 Å². The molecule has 0 radical (unpaired) electrons. The summed E-state index contributed by atoms with van der Waals surface area (Å²) in [7, 11) is 0. The SMILES string of the molecule is O=C(CC1(n2cccc2)CCOCC1)NCCn1cnc2ccccc21. The number of fused-ring (bicyclic) bond motifs is 1. The molecular formula is C20H24N4O2. The number of aromatic nitrogens is 3. The summed E-state index contributed by atoms with van der Waals surface area (Å²) in [6, 6.07) is 12.1. The van der Waals surface area contributed by atoms with Gasteiger partial charge in [-0.25, -0.2) is 4.98 Å². The first-order valence-electron chi connectivity index (χ1n) is 9.15. The number of hydrogen-bond acceptors (Lipinski definition) is 3. The van der Waals surface area contributed by atoms with Gasteiger partial charge >= 0.3 is 0 Å². The van der Waals surface area contributed by atoms with E-state index in [1.807, 2.05) is 42.7 Å². The van der Waals surface area contributed by atoms with Gasteiger partial charge in [0.15, 0.2) is 0 Å². The van der Waals surface area contributed by atoms with Crippen LogP contribution in [0.25, 0.3) is 11.0 Å². The molecule has 0 bridgehead atoms. The summed E-state index contributed by atoms with van der Waals surface area (Å²) in [6.45, 7) is 2.71. The van der Waals surface area contributed by atoms with Crippen molar-refractivity contribution in [3.8, 4) is 0 Å². The number of nitrogens with one attached hydrogen (secondary N) is 1. The third-order valence-electron chi connectivity index (χ3n) is 5.27. The summed E-state index contributed by atoms with van der Waals surface area (Å²) in [5.74, 6) is 0.0880. The van der Waals surface area contributed by atoms with Crippen LogP contribution in [0, 0.1) is 0 Å². The fourth-order valence-corrected chi connectivity index (χ4v) is 3.79. The second-order valence-corrected chi connectivity index (χ2v) is 6.88. The molecule has 1 aromatic carbocycles. The van der Waals surface area contributed by atoms with Crippen LogP contribution in [-0.4, -0.2) is 39.8 Å². The van der Waals surface area contributed by atoms with Crippen molar-refractivity contribution in [2.45, 2.75) is 31.3 Å². The predicted octanol–water partition coefficient (Wildman–Crippen LogP) is 2.55. The van der Waals surface area contributed by atoms with Gasteiger partial charge in [0, 0.05) is 38.7 Å². The molecule has 136 valence electrons. The average molecular weight is 352 g/mol. The molecule has 0 saturated carbocycles. The molecule has 6 heteroatoms. The Hall–Kier alpha value is -2.60. The van der Waals surface area contributed by atoms with Gasteiger partial charge in [-0.2, -0.15) is 0 Å². The molecule has 0 spiro atoms. The van der Waals surface area contributed by atoms with Crippen LogP contribution < -0.4 is 5.32 Å². The van der Waals surface area contributed by atoms with E-state index in [-0.39, 0.29) is 11.4 Å². The Morgan fingerprint density at radius 3 is 2.73 bits per heavy atom. The largest absolute Gasteiger partial charge is 0.381 e. The first kappa shape index (κ1) is 16.8. The van der Waals surface area contributed by atoms with E-state index < -0.39 is 0 Å². The van der Waals surface area contributed by atoms with E-state index in [0.29, 0.717) is 32.7 Å². The van der Waals surface area contributed by atoms with Crippen molar-refractivity contribution in [3.63, 3.8) is 0 Å². The highest BCUT2D eigenvalue weighted by Crippen LogP contribution is 2.32. The van der Waals surface area contributed by atoms with Gasteiger partial charge < -0.3 is 19.2 Å². The van der Waals surface area contributed by atoms with E-state index in [9.17, 15) is 4.79 Å². The van der Waals surface area contributed by atoms with E-state index in [1.165, 1.54) is 0 Å². The van der Waals surface area contributed by atoms with Crippen LogP contribution in [0.4, 0.5) is 0 Å². The van der Waals surface area contributed by atoms with Crippen LogP contribution in [-0.2, 0) is 21.6 Å². The smallest absolute Gasteiger partial charge is 0.222 e. The lowest BCUT2D eigenvalue weighted by Gasteiger charge is -2.38. The Morgan fingerprint density at radius 1 is 1.15 bits per heavy atom. The lowest BCUT2D eigenvalue weighted by Crippen LogP contribution is -2.43. The third-order valence-corrected chi connectivity index (χ3v) is 5.27. The number of imidazole rings is 1. The van der Waals surface area contributed by atoms with Crippen LogP contribution in [0.15, 0.2) is 55.1 Å². The maximum absolute atomic E-state index is 12.6. The molecular weight excluding hydrogens is 328 g/mol. The summed E-state index contributed by atoms with van der Waals surface area (Å²) in [5, 5.41) is 3.08. The maximum Gasteiger partial charge on any atom is 0.222 e. The molecule has 1 saturated heterocycles. The van der Waals surface area contributed by atoms with E-state index in [4.69, 9.17) is 4.74 Å². The van der Waals surface area contributed by atoms with Crippen LogP contribution in [0.1, 0.15) is 19.3 Å². The standard InChI is InChI=1S/C20H24N4O2/c25-19(15-20(7-13-26-14-8-20)24-10-3-4-11-24)21-9-12-23-16-22-17-5-1-2-6-18(17)23/h1-6,10-11,16H,7-9,12-15H2,(H,21,25). The number of rotatable bonds is 6. The molecule has 26 heavy (non-hydrogen) atoms. The zero-order valence-corrected chi connectivity index (χ0v) is 14.8. The second kappa shape index (κ2) is 7.33. The highest BCUT2D eigenvalue weighted by Gasteiger charge is 2.35. The van der Waals surface area contributed by atoms with Crippen LogP contribution in [0.3, 0.4) is 0 Å². The minimum atomic E-state index is -0.173. The zero-order chi connectivity index (χ0) is 17.8. The highest BCUT2D eigenvalue weighted by molar-refractivity contribution is 5.77. The molecule has 1 aliphatic rings. The quantitative estimate of drug-likeness (QED) is 0.742. The van der Waals surface area contributed by atoms with E-state index in [2.05, 4.69) is 31.8 Å². The van der Waals surface area contributed by atoms with Gasteiger partial charge in [-0.15, -0.1) is 0 Å². The minimum absolute atomic E-state index is 0.0880. The van der Waals surface area contributed by atoms with Gasteiger partial charge in [-0.1, -0.05) is 12.1 Å². The van der Waals surface area contributed by atoms with Crippen molar-refractivity contribution in [1.82, 2.24) is 19.4 Å². The molecule has 1 N–H and O–H groups in total. The Kier molecular flexibility index (Phi) is 4.75. The minimum Gasteiger partial charge on any atom is -0.381 e. The fraction of sp³-hybridized carbons (Fsp3) is 0.400. The molecule has 0 aliphatic carbocycles. The Bertz CT molecular complexity index is 863. The molecule has 6 nitrogen and oxygen atoms in total. The van der Waals surface area contributed by atoms with E-state index in [1.54, 1.807) is 0 Å². The average Bonchev–Trinajstić information content (AvgIpc) is 3.33. The number of carbonyl (C=O) groups excluding carboxylic acids is 1. The molecule has 3 heterocycles. The molecule has 4 rings (SSSR count). The van der Waals surface area contributed by atoms with Crippen molar-refractivity contribution >= 4 is 16.9 Å². The summed E-state index contributed by atoms with van der Waals surface area (Å²) >= 11 is 0. The van der Waals surface area contributed by atoms with E-state index >= 15 is 0 Å². The first-order valence-corrected chi connectivity index (χ1v) is 9.15. The highest BCUT2D eigenvalue weighted by atomic mass is 16.5. The van der Waals surface area contributed by atoms with Crippen LogP contribution >= 0.6 is 0 Å². The van der Waals surface area contributed by atoms with Crippen molar-refractivity contribution in [1.29, 1.82) is 0 Å². The molecule has 2 aromatic heterocycles. The molecule has 1 aliphatic heterocycles. The topological polar surface area (TPSA) is 61.1 Å². The second-order valence-electron chi connectivity index (χ2n) is 6.88. The van der Waals surface area contributed by atoms with Gasteiger partial charge in [0.1, 0.15) is 0 Å². The van der Waals surface area contributed by atoms with Crippen molar-refractivity contribution in [3.05, 3.63) is 55.1 Å². The number of nitrogens with zero attached hydrogens (tertiary/aromatic N) is 3. The fourth-order valence-electron chi connectivity index (χ4n) is 3.79. The molecule has 3 aromatic rings. The van der Waals surface area contributed by atoms with Crippen LogP contribution in [0.2, 0.25) is 0 Å². The molecule has 0 unspecified atom stereocenters. The molecule has 1 fully saturated rings. The zero-order valence-electron chi connectivity index (χ0n) is 14.8.